The topological polar surface area (TPSA) is 9.23 Å². The molecular weight excluding hydrogens is 646 g/mol. The molecule has 0 aliphatic heterocycles. The number of ether oxygens (including phenoxy) is 1. The minimum Gasteiger partial charge on any atom is -0.496 e. The van der Waals surface area contributed by atoms with Crippen LogP contribution in [0, 0.1) is 64.2 Å². The molecule has 0 saturated heterocycles. The van der Waals surface area contributed by atoms with E-state index in [-0.39, 0.29) is 20.1 Å². The smallest absolute Gasteiger partial charge is 0.496 e. The Bertz CT molecular complexity index is 643. The zero-order valence-electron chi connectivity index (χ0n) is 21.4. The van der Waals surface area contributed by atoms with Crippen LogP contribution in [0.3, 0.4) is 0 Å². The van der Waals surface area contributed by atoms with Gasteiger partial charge in [0.05, 0.1) is 7.11 Å². The number of halogens is 8. The van der Waals surface area contributed by atoms with Crippen molar-refractivity contribution in [3.63, 3.8) is 0 Å². The van der Waals surface area contributed by atoms with Gasteiger partial charge in [-0.05, 0) is 92.0 Å². The number of hydrogen-bond acceptors (Lipinski definition) is 1. The van der Waals surface area contributed by atoms with Gasteiger partial charge in [-0.15, -0.1) is 0 Å². The fourth-order valence-electron chi connectivity index (χ4n) is 3.18. The molecule has 1 saturated carbocycles. The average molecular weight is 679 g/mol. The van der Waals surface area contributed by atoms with E-state index in [1.165, 1.54) is 57.4 Å². The van der Waals surface area contributed by atoms with E-state index >= 15 is 0 Å². The quantitative estimate of drug-likeness (QED) is 0.213. The molecule has 2 rings (SSSR count). The maximum Gasteiger partial charge on any atom is 3.00 e. The van der Waals surface area contributed by atoms with Crippen molar-refractivity contribution in [1.82, 2.24) is 0 Å². The Hall–Kier alpha value is -0.761. The Morgan fingerprint density at radius 1 is 0.412 bits per heavy atom. The first kappa shape index (κ1) is 37.8. The summed E-state index contributed by atoms with van der Waals surface area (Å²) in [4.78, 5) is 0. The maximum absolute atomic E-state index is 9.75. The van der Waals surface area contributed by atoms with Crippen LogP contribution < -0.4 is 4.74 Å². The second-order valence-corrected chi connectivity index (χ2v) is 7.77. The summed E-state index contributed by atoms with van der Waals surface area (Å²) in [5.74, 6) is 8.38. The summed E-state index contributed by atoms with van der Waals surface area (Å²) in [6.07, 6.45) is 0. The van der Waals surface area contributed by atoms with Gasteiger partial charge < -0.3 is 39.3 Å². The zero-order chi connectivity index (χ0) is 27.1. The van der Waals surface area contributed by atoms with Crippen molar-refractivity contribution < 1.29 is 59.4 Å². The van der Waals surface area contributed by atoms with Gasteiger partial charge in [0, 0.05) is 0 Å². The van der Waals surface area contributed by atoms with Gasteiger partial charge in [0.2, 0.25) is 0 Å². The molecular formula is C22H33B2F8IrO+. The summed E-state index contributed by atoms with van der Waals surface area (Å²) in [6, 6.07) is 0. The van der Waals surface area contributed by atoms with Crippen molar-refractivity contribution in [3.8, 4) is 5.75 Å². The third-order valence-corrected chi connectivity index (χ3v) is 5.95. The van der Waals surface area contributed by atoms with E-state index in [9.17, 15) is 34.5 Å². The van der Waals surface area contributed by atoms with Crippen LogP contribution in [0.1, 0.15) is 62.4 Å². The molecule has 0 spiro atoms. The Kier molecular flexibility index (Phi) is 17.1. The van der Waals surface area contributed by atoms with Crippen molar-refractivity contribution in [2.75, 3.05) is 7.11 Å². The molecule has 34 heavy (non-hydrogen) atoms. The molecule has 12 heteroatoms. The third-order valence-electron chi connectivity index (χ3n) is 5.95. The first-order valence-electron chi connectivity index (χ1n) is 10.1. The Morgan fingerprint density at radius 2 is 0.559 bits per heavy atom. The van der Waals surface area contributed by atoms with E-state index in [1.807, 2.05) is 0 Å². The fraction of sp³-hybridized carbons (Fsp3) is 0.500. The largest absolute Gasteiger partial charge is 3.00 e. The predicted molar refractivity (Wildman–Crippen MR) is 122 cm³/mol. The summed E-state index contributed by atoms with van der Waals surface area (Å²) in [5.41, 5.74) is 6.61. The van der Waals surface area contributed by atoms with Gasteiger partial charge in [0.1, 0.15) is 5.75 Å². The van der Waals surface area contributed by atoms with Crippen LogP contribution >= 0.6 is 0 Å². The molecule has 0 aromatic heterocycles. The summed E-state index contributed by atoms with van der Waals surface area (Å²) >= 11 is 0. The minimum absolute atomic E-state index is 0. The van der Waals surface area contributed by atoms with Gasteiger partial charge in [0.15, 0.2) is 0 Å². The van der Waals surface area contributed by atoms with Gasteiger partial charge in [-0.2, -0.15) is 0 Å². The molecule has 1 aromatic rings. The number of hydrogen-bond donors (Lipinski definition) is 0. The van der Waals surface area contributed by atoms with Crippen molar-refractivity contribution in [1.29, 1.82) is 0 Å². The van der Waals surface area contributed by atoms with Crippen LogP contribution in [0.5, 0.6) is 5.75 Å². The van der Waals surface area contributed by atoms with Gasteiger partial charge in [-0.1, -0.05) is 34.6 Å². The van der Waals surface area contributed by atoms with E-state index in [0.29, 0.717) is 0 Å². The van der Waals surface area contributed by atoms with Crippen LogP contribution in [0.25, 0.3) is 0 Å². The average Bonchev–Trinajstić information content (AvgIpc) is 2.81. The van der Waals surface area contributed by atoms with E-state index in [4.69, 9.17) is 4.74 Å². The molecule has 0 unspecified atom stereocenters. The molecule has 0 atom stereocenters. The van der Waals surface area contributed by atoms with E-state index < -0.39 is 14.5 Å². The van der Waals surface area contributed by atoms with Crippen molar-refractivity contribution in [3.05, 3.63) is 57.4 Å². The molecule has 0 N–H and O–H groups in total. The van der Waals surface area contributed by atoms with Crippen LogP contribution in [0.15, 0.2) is 0 Å². The summed E-state index contributed by atoms with van der Waals surface area (Å²) in [7, 11) is -10.3. The number of methoxy groups -OCH3 is 1. The molecule has 1 fully saturated rings. The van der Waals surface area contributed by atoms with Crippen LogP contribution in [0.2, 0.25) is 0 Å². The van der Waals surface area contributed by atoms with Crippen LogP contribution in [-0.2, 0) is 20.1 Å². The van der Waals surface area contributed by atoms with Gasteiger partial charge in [0.25, 0.3) is 0 Å². The fourth-order valence-corrected chi connectivity index (χ4v) is 3.18. The second-order valence-electron chi connectivity index (χ2n) is 7.77. The zero-order valence-corrected chi connectivity index (χ0v) is 23.8. The van der Waals surface area contributed by atoms with Gasteiger partial charge in [-0.3, -0.25) is 0 Å². The third kappa shape index (κ3) is 14.0. The standard InChI is InChI=1S/C12H18O.C10H15.2BF4.Ir/c1-7-8(2)10(4)12(13-6)11(5)9(7)3;1-6-7(2)9(4)10(5)8(6)3;2*2-1(3,4)5;/h1-6H3;1-5H3;;;/q;;2*-1;+3. The Morgan fingerprint density at radius 3 is 0.706 bits per heavy atom. The SMILES string of the molecule is COc1c(C)c(C)c(C)c(C)c1C.C[C]1[C](C)[C](C)[C](C)[C]1C.F[B-](F)(F)F.F[B-](F)(F)F.[Ir+3]. The van der Waals surface area contributed by atoms with E-state index in [0.717, 1.165) is 5.75 Å². The molecule has 1 nitrogen and oxygen atoms in total. The molecule has 0 heterocycles. The van der Waals surface area contributed by atoms with Gasteiger partial charge in [-0.25, -0.2) is 0 Å². The first-order valence-corrected chi connectivity index (χ1v) is 10.1. The monoisotopic (exact) mass is 680 g/mol. The van der Waals surface area contributed by atoms with E-state index in [1.54, 1.807) is 7.11 Å². The molecule has 1 aliphatic carbocycles. The van der Waals surface area contributed by atoms with Crippen molar-refractivity contribution >= 4 is 14.5 Å². The molecule has 197 valence electrons. The van der Waals surface area contributed by atoms with Crippen molar-refractivity contribution in [2.45, 2.75) is 69.2 Å². The minimum atomic E-state index is -6.00. The van der Waals surface area contributed by atoms with Crippen LogP contribution in [-0.4, -0.2) is 21.6 Å². The summed E-state index contributed by atoms with van der Waals surface area (Å²) < 4.78 is 83.4. The maximum atomic E-state index is 9.75. The molecule has 1 aromatic carbocycles. The second kappa shape index (κ2) is 15.4. The summed E-state index contributed by atoms with van der Waals surface area (Å²) in [6.45, 7) is 21.7. The molecule has 0 amide bonds. The Balaban J connectivity index is -0.000000407. The molecule has 1 aliphatic rings. The van der Waals surface area contributed by atoms with Crippen molar-refractivity contribution in [2.24, 2.45) is 0 Å². The number of benzene rings is 1. The molecule has 5 radical (unpaired) electrons. The molecule has 0 bridgehead atoms. The normalized spacial score (nSPS) is 15.9. The first-order chi connectivity index (χ1) is 14.6. The predicted octanol–water partition coefficient (Wildman–Crippen LogP) is 8.81. The van der Waals surface area contributed by atoms with E-state index in [2.05, 4.69) is 69.2 Å². The van der Waals surface area contributed by atoms with Gasteiger partial charge >= 0.3 is 34.6 Å². The Labute approximate surface area is 213 Å². The van der Waals surface area contributed by atoms with Crippen LogP contribution in [0.4, 0.5) is 34.5 Å². The summed E-state index contributed by atoms with van der Waals surface area (Å²) in [5, 5.41) is 0. The number of rotatable bonds is 1.